The maximum Gasteiger partial charge on any atom is 0.337 e. The first-order valence-corrected chi connectivity index (χ1v) is 6.84. The molecule has 0 spiro atoms. The van der Waals surface area contributed by atoms with Crippen molar-refractivity contribution in [2.24, 2.45) is 0 Å². The Hall–Kier alpha value is -1.10. The lowest BCUT2D eigenvalue weighted by atomic mass is 10.0. The minimum atomic E-state index is -1.03. The van der Waals surface area contributed by atoms with E-state index < -0.39 is 5.97 Å². The largest absolute Gasteiger partial charge is 0.478 e. The van der Waals surface area contributed by atoms with Gasteiger partial charge in [-0.15, -0.1) is 0 Å². The number of carboxylic acids is 1. The topological polar surface area (TPSA) is 50.2 Å². The number of halogens is 3. The van der Waals surface area contributed by atoms with E-state index in [0.29, 0.717) is 17.0 Å². The predicted molar refractivity (Wildman–Crippen MR) is 78.2 cm³/mol. The van der Waals surface area contributed by atoms with Crippen molar-refractivity contribution in [2.75, 3.05) is 0 Å². The quantitative estimate of drug-likeness (QED) is 0.823. The van der Waals surface area contributed by atoms with E-state index in [9.17, 15) is 4.79 Å². The summed E-state index contributed by atoms with van der Waals surface area (Å²) in [4.78, 5) is 14.9. The summed E-state index contributed by atoms with van der Waals surface area (Å²) in [6, 6.07) is 7.00. The van der Waals surface area contributed by atoms with E-state index in [4.69, 9.17) is 28.3 Å². The van der Waals surface area contributed by atoms with Crippen LogP contribution in [0, 0.1) is 0 Å². The van der Waals surface area contributed by atoms with Gasteiger partial charge in [0.05, 0.1) is 5.56 Å². The van der Waals surface area contributed by atoms with Crippen LogP contribution in [0.2, 0.25) is 10.2 Å². The molecule has 0 saturated carbocycles. The summed E-state index contributed by atoms with van der Waals surface area (Å²) in [5, 5.41) is 9.95. The lowest BCUT2D eigenvalue weighted by Gasteiger charge is -2.08. The Labute approximate surface area is 128 Å². The number of benzene rings is 1. The number of pyridine rings is 1. The molecule has 2 aromatic rings. The van der Waals surface area contributed by atoms with Crippen LogP contribution in [0.5, 0.6) is 0 Å². The van der Waals surface area contributed by atoms with Crippen LogP contribution in [0.15, 0.2) is 34.9 Å². The molecular weight excluding hydrogens is 353 g/mol. The van der Waals surface area contributed by atoms with Crippen molar-refractivity contribution >= 4 is 45.1 Å². The molecule has 1 aromatic carbocycles. The standard InChI is InChI=1S/C13H8BrCl2NO2/c14-9-2-1-7(11(15)5-9)3-8-4-12(16)17-6-10(8)13(18)19/h1-2,4-6H,3H2,(H,18,19). The first-order valence-electron chi connectivity index (χ1n) is 5.29. The van der Waals surface area contributed by atoms with Gasteiger partial charge in [0.25, 0.3) is 0 Å². The Kier molecular flexibility index (Phi) is 4.45. The maximum atomic E-state index is 11.1. The zero-order valence-electron chi connectivity index (χ0n) is 9.53. The fraction of sp³-hybridized carbons (Fsp3) is 0.0769. The van der Waals surface area contributed by atoms with Gasteiger partial charge in [-0.25, -0.2) is 9.78 Å². The number of aromatic nitrogens is 1. The second-order valence-electron chi connectivity index (χ2n) is 3.88. The zero-order valence-corrected chi connectivity index (χ0v) is 12.6. The van der Waals surface area contributed by atoms with Crippen LogP contribution < -0.4 is 0 Å². The molecule has 3 nitrogen and oxygen atoms in total. The number of carboxylic acid groups (broad SMARTS) is 1. The molecule has 0 amide bonds. The Balaban J connectivity index is 2.42. The summed E-state index contributed by atoms with van der Waals surface area (Å²) in [6.07, 6.45) is 1.64. The molecule has 0 aliphatic carbocycles. The first kappa shape index (κ1) is 14.3. The highest BCUT2D eigenvalue weighted by Gasteiger charge is 2.13. The van der Waals surface area contributed by atoms with E-state index in [1.165, 1.54) is 6.20 Å². The second-order valence-corrected chi connectivity index (χ2v) is 5.59. The minimum Gasteiger partial charge on any atom is -0.478 e. The van der Waals surface area contributed by atoms with Crippen LogP contribution in [0.4, 0.5) is 0 Å². The lowest BCUT2D eigenvalue weighted by Crippen LogP contribution is -2.04. The van der Waals surface area contributed by atoms with Crippen LogP contribution in [-0.2, 0) is 6.42 Å². The normalized spacial score (nSPS) is 10.5. The zero-order chi connectivity index (χ0) is 14.0. The monoisotopic (exact) mass is 359 g/mol. The van der Waals surface area contributed by atoms with Crippen LogP contribution in [0.3, 0.4) is 0 Å². The fourth-order valence-corrected chi connectivity index (χ4v) is 2.60. The molecule has 0 saturated heterocycles. The van der Waals surface area contributed by atoms with Gasteiger partial charge in [0.2, 0.25) is 0 Å². The molecule has 0 aliphatic rings. The molecule has 0 aliphatic heterocycles. The molecule has 0 unspecified atom stereocenters. The van der Waals surface area contributed by atoms with E-state index in [0.717, 1.165) is 10.0 Å². The smallest absolute Gasteiger partial charge is 0.337 e. The third-order valence-corrected chi connectivity index (χ3v) is 3.63. The molecule has 1 heterocycles. The van der Waals surface area contributed by atoms with Gasteiger partial charge < -0.3 is 5.11 Å². The molecule has 0 atom stereocenters. The summed E-state index contributed by atoms with van der Waals surface area (Å²) in [5.41, 5.74) is 1.54. The highest BCUT2D eigenvalue weighted by Crippen LogP contribution is 2.25. The van der Waals surface area contributed by atoms with Crippen molar-refractivity contribution in [2.45, 2.75) is 6.42 Å². The molecule has 1 N–H and O–H groups in total. The van der Waals surface area contributed by atoms with Gasteiger partial charge in [-0.3, -0.25) is 0 Å². The average Bonchev–Trinajstić information content (AvgIpc) is 2.32. The van der Waals surface area contributed by atoms with Crippen molar-refractivity contribution in [3.05, 3.63) is 61.8 Å². The summed E-state index contributed by atoms with van der Waals surface area (Å²) < 4.78 is 0.868. The Morgan fingerprint density at radius 1 is 1.26 bits per heavy atom. The third kappa shape index (κ3) is 3.47. The lowest BCUT2D eigenvalue weighted by molar-refractivity contribution is 0.0695. The maximum absolute atomic E-state index is 11.1. The molecule has 19 heavy (non-hydrogen) atoms. The van der Waals surface area contributed by atoms with Crippen LogP contribution >= 0.6 is 39.1 Å². The summed E-state index contributed by atoms with van der Waals surface area (Å²) >= 11 is 15.3. The van der Waals surface area contributed by atoms with Crippen molar-refractivity contribution in [3.63, 3.8) is 0 Å². The molecule has 0 radical (unpaired) electrons. The molecule has 2 rings (SSSR count). The third-order valence-electron chi connectivity index (χ3n) is 2.58. The Bertz CT molecular complexity index is 647. The number of aromatic carboxylic acids is 1. The Morgan fingerprint density at radius 3 is 2.63 bits per heavy atom. The molecule has 98 valence electrons. The molecular formula is C13H8BrCl2NO2. The van der Waals surface area contributed by atoms with E-state index in [-0.39, 0.29) is 10.7 Å². The first-order chi connectivity index (χ1) is 8.97. The minimum absolute atomic E-state index is 0.128. The highest BCUT2D eigenvalue weighted by molar-refractivity contribution is 9.10. The molecule has 6 heteroatoms. The summed E-state index contributed by atoms with van der Waals surface area (Å²) in [7, 11) is 0. The summed E-state index contributed by atoms with van der Waals surface area (Å²) in [6.45, 7) is 0. The van der Waals surface area contributed by atoms with Gasteiger partial charge in [0.15, 0.2) is 0 Å². The van der Waals surface area contributed by atoms with E-state index in [1.54, 1.807) is 12.1 Å². The number of hydrogen-bond acceptors (Lipinski definition) is 2. The Morgan fingerprint density at radius 2 is 2.00 bits per heavy atom. The number of rotatable bonds is 3. The van der Waals surface area contributed by atoms with Crippen LogP contribution in [0.1, 0.15) is 21.5 Å². The van der Waals surface area contributed by atoms with Gasteiger partial charge in [0, 0.05) is 15.7 Å². The molecule has 0 bridgehead atoms. The van der Waals surface area contributed by atoms with E-state index in [1.807, 2.05) is 12.1 Å². The van der Waals surface area contributed by atoms with Gasteiger partial charge in [-0.05, 0) is 35.7 Å². The SMILES string of the molecule is O=C(O)c1cnc(Cl)cc1Cc1ccc(Br)cc1Cl. The van der Waals surface area contributed by atoms with Crippen LogP contribution in [0.25, 0.3) is 0 Å². The van der Waals surface area contributed by atoms with Crippen molar-refractivity contribution in [1.29, 1.82) is 0 Å². The van der Waals surface area contributed by atoms with Gasteiger partial charge in [0.1, 0.15) is 5.15 Å². The van der Waals surface area contributed by atoms with Gasteiger partial charge in [-0.1, -0.05) is 45.2 Å². The highest BCUT2D eigenvalue weighted by atomic mass is 79.9. The van der Waals surface area contributed by atoms with E-state index >= 15 is 0 Å². The van der Waals surface area contributed by atoms with Crippen LogP contribution in [-0.4, -0.2) is 16.1 Å². The second kappa shape index (κ2) is 5.90. The van der Waals surface area contributed by atoms with Crippen molar-refractivity contribution in [3.8, 4) is 0 Å². The fourth-order valence-electron chi connectivity index (χ4n) is 1.68. The van der Waals surface area contributed by atoms with Gasteiger partial charge in [-0.2, -0.15) is 0 Å². The summed E-state index contributed by atoms with van der Waals surface area (Å²) in [5.74, 6) is -1.03. The van der Waals surface area contributed by atoms with Crippen molar-refractivity contribution in [1.82, 2.24) is 4.98 Å². The average molecular weight is 361 g/mol. The number of carbonyl (C=O) groups is 1. The van der Waals surface area contributed by atoms with E-state index in [2.05, 4.69) is 20.9 Å². The number of hydrogen-bond donors (Lipinski definition) is 1. The predicted octanol–water partition coefficient (Wildman–Crippen LogP) is 4.44. The number of nitrogens with zero attached hydrogens (tertiary/aromatic N) is 1. The molecule has 1 aromatic heterocycles. The van der Waals surface area contributed by atoms with Crippen molar-refractivity contribution < 1.29 is 9.90 Å². The molecule has 0 fully saturated rings. The van der Waals surface area contributed by atoms with Gasteiger partial charge >= 0.3 is 5.97 Å².